The molecule has 0 saturated carbocycles. The molecule has 0 N–H and O–H groups in total. The zero-order valence-electron chi connectivity index (χ0n) is 26.2. The van der Waals surface area contributed by atoms with E-state index in [4.69, 9.17) is 21.2 Å². The molecule has 1 saturated heterocycles. The number of anilines is 1. The van der Waals surface area contributed by atoms with Crippen LogP contribution < -0.4 is 4.90 Å². The van der Waals surface area contributed by atoms with Gasteiger partial charge in [-0.25, -0.2) is 4.79 Å². The number of carbonyl (C=O) groups excluding carboxylic acids is 3. The molecule has 0 atom stereocenters. The summed E-state index contributed by atoms with van der Waals surface area (Å²) >= 11 is 7.55. The molecule has 0 spiro atoms. The fourth-order valence-electron chi connectivity index (χ4n) is 5.82. The molecule has 10 heteroatoms. The highest BCUT2D eigenvalue weighted by atomic mass is 35.5. The van der Waals surface area contributed by atoms with Gasteiger partial charge in [0.15, 0.2) is 5.78 Å². The summed E-state index contributed by atoms with van der Waals surface area (Å²) in [7, 11) is 0. The molecule has 0 amide bonds. The first-order chi connectivity index (χ1) is 22.8. The van der Waals surface area contributed by atoms with Gasteiger partial charge in [-0.15, -0.1) is 11.8 Å². The Balaban J connectivity index is 1.29. The topological polar surface area (TPSA) is 90.2 Å². The molecule has 1 aliphatic rings. The number of nitrogens with zero attached hydrogens (tertiary/aromatic N) is 3. The first kappa shape index (κ1) is 32.5. The van der Waals surface area contributed by atoms with Gasteiger partial charge in [-0.05, 0) is 91.9 Å². The lowest BCUT2D eigenvalue weighted by molar-refractivity contribution is -0.140. The largest absolute Gasteiger partial charge is 0.378 e. The van der Waals surface area contributed by atoms with Crippen LogP contribution in [0.5, 0.6) is 0 Å². The van der Waals surface area contributed by atoms with Crippen molar-refractivity contribution in [3.63, 3.8) is 0 Å². The first-order valence-electron chi connectivity index (χ1n) is 15.5. The second-order valence-corrected chi connectivity index (χ2v) is 12.8. The van der Waals surface area contributed by atoms with Gasteiger partial charge in [-0.1, -0.05) is 16.8 Å². The molecule has 47 heavy (non-hydrogen) atoms. The second kappa shape index (κ2) is 14.5. The number of fused-ring (bicyclic) bond motifs is 3. The van der Waals surface area contributed by atoms with Crippen molar-refractivity contribution in [1.29, 1.82) is 0 Å². The minimum atomic E-state index is -0.602. The number of rotatable bonds is 11. The minimum absolute atomic E-state index is 0.0703. The highest BCUT2D eigenvalue weighted by molar-refractivity contribution is 7.99. The number of aryl methyl sites for hydroxylation is 1. The SMILES string of the molecule is CCn1c2ccc(C(=O)/C(CCSc3ccc(Cl)cc3)=N/OC(C)=O)cc2c2cc(C(=O)c3ccc(N4CCOCC4)cc3)ccc21. The maximum atomic E-state index is 13.8. The van der Waals surface area contributed by atoms with Gasteiger partial charge < -0.3 is 19.0 Å². The normalized spacial score (nSPS) is 13.7. The maximum absolute atomic E-state index is 13.8. The molecule has 1 aliphatic heterocycles. The molecule has 5 aromatic rings. The van der Waals surface area contributed by atoms with E-state index in [-0.39, 0.29) is 23.7 Å². The van der Waals surface area contributed by atoms with E-state index in [0.717, 1.165) is 45.5 Å². The van der Waals surface area contributed by atoms with E-state index in [0.29, 0.717) is 47.2 Å². The quantitative estimate of drug-likeness (QED) is 0.0466. The summed E-state index contributed by atoms with van der Waals surface area (Å²) in [5, 5.41) is 6.32. The maximum Gasteiger partial charge on any atom is 0.331 e. The zero-order valence-corrected chi connectivity index (χ0v) is 27.8. The minimum Gasteiger partial charge on any atom is -0.378 e. The highest BCUT2D eigenvalue weighted by Crippen LogP contribution is 2.32. The van der Waals surface area contributed by atoms with Crippen LogP contribution in [0.25, 0.3) is 21.8 Å². The van der Waals surface area contributed by atoms with Crippen LogP contribution in [0.3, 0.4) is 0 Å². The number of halogens is 1. The fourth-order valence-corrected chi connectivity index (χ4v) is 6.81. The second-order valence-electron chi connectivity index (χ2n) is 11.2. The van der Waals surface area contributed by atoms with Crippen LogP contribution in [0.15, 0.2) is 95.0 Å². The molecule has 0 aliphatic carbocycles. The van der Waals surface area contributed by atoms with Crippen molar-refractivity contribution in [1.82, 2.24) is 4.57 Å². The highest BCUT2D eigenvalue weighted by Gasteiger charge is 2.20. The summed E-state index contributed by atoms with van der Waals surface area (Å²) in [4.78, 5) is 47.2. The smallest absolute Gasteiger partial charge is 0.331 e. The summed E-state index contributed by atoms with van der Waals surface area (Å²) in [5.41, 5.74) is 4.75. The molecular weight excluding hydrogens is 634 g/mol. The zero-order chi connectivity index (χ0) is 32.9. The molecule has 0 bridgehead atoms. The van der Waals surface area contributed by atoms with Gasteiger partial charge >= 0.3 is 5.97 Å². The Morgan fingerprint density at radius 1 is 0.851 bits per heavy atom. The van der Waals surface area contributed by atoms with E-state index < -0.39 is 5.97 Å². The van der Waals surface area contributed by atoms with Crippen LogP contribution in [-0.4, -0.2) is 59.9 Å². The van der Waals surface area contributed by atoms with E-state index in [9.17, 15) is 14.4 Å². The number of ketones is 2. The predicted molar refractivity (Wildman–Crippen MR) is 188 cm³/mol. The van der Waals surface area contributed by atoms with Gasteiger partial charge in [0.2, 0.25) is 5.78 Å². The Hall–Kier alpha value is -4.44. The average molecular weight is 668 g/mol. The molecule has 240 valence electrons. The van der Waals surface area contributed by atoms with Gasteiger partial charge in [-0.3, -0.25) is 9.59 Å². The third-order valence-corrected chi connectivity index (χ3v) is 9.44. The van der Waals surface area contributed by atoms with Crippen molar-refractivity contribution >= 4 is 74.1 Å². The summed E-state index contributed by atoms with van der Waals surface area (Å²) in [6, 6.07) is 26.4. The van der Waals surface area contributed by atoms with Crippen molar-refractivity contribution in [2.75, 3.05) is 37.0 Å². The van der Waals surface area contributed by atoms with Crippen LogP contribution in [0.1, 0.15) is 46.5 Å². The molecule has 8 nitrogen and oxygen atoms in total. The van der Waals surface area contributed by atoms with E-state index in [2.05, 4.69) is 21.5 Å². The summed E-state index contributed by atoms with van der Waals surface area (Å²) in [6.45, 7) is 7.08. The van der Waals surface area contributed by atoms with E-state index >= 15 is 0 Å². The fraction of sp³-hybridized carbons (Fsp3) is 0.243. The molecule has 0 radical (unpaired) electrons. The lowest BCUT2D eigenvalue weighted by Gasteiger charge is -2.28. The Morgan fingerprint density at radius 2 is 1.47 bits per heavy atom. The predicted octanol–water partition coefficient (Wildman–Crippen LogP) is 7.82. The monoisotopic (exact) mass is 667 g/mol. The molecule has 6 rings (SSSR count). The van der Waals surface area contributed by atoms with Gasteiger partial charge in [0, 0.05) is 92.8 Å². The number of hydrogen-bond acceptors (Lipinski definition) is 8. The van der Waals surface area contributed by atoms with Gasteiger partial charge in [0.1, 0.15) is 5.71 Å². The van der Waals surface area contributed by atoms with Crippen molar-refractivity contribution in [2.24, 2.45) is 5.16 Å². The van der Waals surface area contributed by atoms with Crippen molar-refractivity contribution in [2.45, 2.75) is 31.7 Å². The standard InChI is InChI=1S/C37H34ClN3O5S/c1-3-41-34-14-6-26(36(43)25-4-10-29(11-5-25)40-17-19-45-20-18-40)22-31(34)32-23-27(7-15-35(32)41)37(44)33(39-46-24(2)42)16-21-47-30-12-8-28(38)9-13-30/h4-15,22-23H,3,16-21H2,1-2H3/b39-33+. The molecule has 1 aromatic heterocycles. The van der Waals surface area contributed by atoms with Crippen LogP contribution in [0.2, 0.25) is 5.02 Å². The lowest BCUT2D eigenvalue weighted by atomic mass is 9.99. The molecule has 1 fully saturated rings. The number of aromatic nitrogens is 1. The molecule has 2 heterocycles. The number of Topliss-reactive ketones (excluding diaryl/α,β-unsaturated/α-hetero) is 1. The van der Waals surface area contributed by atoms with Gasteiger partial charge in [0.25, 0.3) is 0 Å². The number of thioether (sulfide) groups is 1. The Kier molecular flexibility index (Phi) is 10.1. The van der Waals surface area contributed by atoms with E-state index in [1.54, 1.807) is 17.8 Å². The van der Waals surface area contributed by atoms with Crippen molar-refractivity contribution < 1.29 is 24.0 Å². The summed E-state index contributed by atoms with van der Waals surface area (Å²) in [5.74, 6) is -0.451. The Bertz CT molecular complexity index is 1980. The number of ether oxygens (including phenoxy) is 1. The van der Waals surface area contributed by atoms with Crippen molar-refractivity contribution in [3.8, 4) is 0 Å². The van der Waals surface area contributed by atoms with Gasteiger partial charge in [0.05, 0.1) is 13.2 Å². The van der Waals surface area contributed by atoms with Gasteiger partial charge in [-0.2, -0.15) is 0 Å². The number of benzene rings is 4. The number of oxime groups is 1. The average Bonchev–Trinajstić information content (AvgIpc) is 3.42. The molecular formula is C37H34ClN3O5S. The first-order valence-corrected chi connectivity index (χ1v) is 16.9. The Labute approximate surface area is 282 Å². The number of morpholine rings is 1. The third-order valence-electron chi connectivity index (χ3n) is 8.18. The summed E-state index contributed by atoms with van der Waals surface area (Å²) < 4.78 is 7.63. The number of hydrogen-bond donors (Lipinski definition) is 0. The van der Waals surface area contributed by atoms with Crippen LogP contribution in [-0.2, 0) is 20.9 Å². The number of carbonyl (C=O) groups is 3. The van der Waals surface area contributed by atoms with Crippen LogP contribution in [0.4, 0.5) is 5.69 Å². The van der Waals surface area contributed by atoms with Crippen molar-refractivity contribution in [3.05, 3.63) is 107 Å². The van der Waals surface area contributed by atoms with E-state index in [1.807, 2.05) is 78.9 Å². The lowest BCUT2D eigenvalue weighted by Crippen LogP contribution is -2.36. The van der Waals surface area contributed by atoms with Crippen LogP contribution >= 0.6 is 23.4 Å². The molecule has 0 unspecified atom stereocenters. The molecule has 4 aromatic carbocycles. The Morgan fingerprint density at radius 3 is 2.11 bits per heavy atom. The summed E-state index contributed by atoms with van der Waals surface area (Å²) in [6.07, 6.45) is 0.289. The van der Waals surface area contributed by atoms with E-state index in [1.165, 1.54) is 6.92 Å². The van der Waals surface area contributed by atoms with Crippen LogP contribution in [0, 0.1) is 0 Å². The third kappa shape index (κ3) is 7.27.